The number of amides is 1. The van der Waals surface area contributed by atoms with Crippen LogP contribution in [0.5, 0.6) is 5.88 Å². The predicted octanol–water partition coefficient (Wildman–Crippen LogP) is 2.34. The van der Waals surface area contributed by atoms with Crippen molar-refractivity contribution in [2.24, 2.45) is 0 Å². The topological polar surface area (TPSA) is 69.3 Å². The zero-order chi connectivity index (χ0) is 14.9. The van der Waals surface area contributed by atoms with Crippen molar-refractivity contribution in [3.8, 4) is 5.88 Å². The SMILES string of the molecule is O=C(NCc1cc2ccccc2o1)c1cc2n(n1)CCCO2. The van der Waals surface area contributed by atoms with Gasteiger partial charge in [0.2, 0.25) is 5.88 Å². The van der Waals surface area contributed by atoms with Crippen molar-refractivity contribution in [3.05, 3.63) is 47.9 Å². The zero-order valence-corrected chi connectivity index (χ0v) is 11.9. The van der Waals surface area contributed by atoms with E-state index in [1.807, 2.05) is 30.3 Å². The van der Waals surface area contributed by atoms with E-state index in [4.69, 9.17) is 9.15 Å². The molecule has 0 saturated heterocycles. The number of benzene rings is 1. The molecule has 0 radical (unpaired) electrons. The molecule has 3 aromatic rings. The Labute approximate surface area is 126 Å². The predicted molar refractivity (Wildman–Crippen MR) is 79.7 cm³/mol. The molecule has 0 unspecified atom stereocenters. The monoisotopic (exact) mass is 297 g/mol. The molecule has 0 spiro atoms. The number of furan rings is 1. The number of aromatic nitrogens is 2. The Balaban J connectivity index is 1.46. The fraction of sp³-hybridized carbons (Fsp3) is 0.250. The Bertz CT molecular complexity index is 778. The third-order valence-corrected chi connectivity index (χ3v) is 3.64. The van der Waals surface area contributed by atoms with E-state index in [1.54, 1.807) is 10.7 Å². The van der Waals surface area contributed by atoms with E-state index < -0.39 is 0 Å². The number of carbonyl (C=O) groups excluding carboxylic acids is 1. The number of hydrogen-bond acceptors (Lipinski definition) is 4. The molecule has 4 rings (SSSR count). The standard InChI is InChI=1S/C16H15N3O3/c20-16(13-9-15-19(18-13)6-3-7-21-15)17-10-12-8-11-4-1-2-5-14(11)22-12/h1-2,4-5,8-9H,3,6-7,10H2,(H,17,20). The van der Waals surface area contributed by atoms with E-state index in [0.717, 1.165) is 29.7 Å². The highest BCUT2D eigenvalue weighted by Gasteiger charge is 2.18. The van der Waals surface area contributed by atoms with E-state index in [1.165, 1.54) is 0 Å². The molecule has 0 aliphatic carbocycles. The first-order chi connectivity index (χ1) is 10.8. The van der Waals surface area contributed by atoms with Gasteiger partial charge in [-0.15, -0.1) is 0 Å². The molecule has 0 atom stereocenters. The first-order valence-corrected chi connectivity index (χ1v) is 7.26. The van der Waals surface area contributed by atoms with Gasteiger partial charge in [0.25, 0.3) is 5.91 Å². The molecular formula is C16H15N3O3. The first-order valence-electron chi connectivity index (χ1n) is 7.26. The van der Waals surface area contributed by atoms with Gasteiger partial charge in [-0.05, 0) is 12.1 Å². The zero-order valence-electron chi connectivity index (χ0n) is 11.9. The van der Waals surface area contributed by atoms with Crippen LogP contribution < -0.4 is 10.1 Å². The number of hydrogen-bond donors (Lipinski definition) is 1. The third-order valence-electron chi connectivity index (χ3n) is 3.64. The molecule has 1 aliphatic heterocycles. The second-order valence-electron chi connectivity index (χ2n) is 5.23. The average molecular weight is 297 g/mol. The molecule has 1 aromatic carbocycles. The van der Waals surface area contributed by atoms with Gasteiger partial charge in [-0.2, -0.15) is 5.10 Å². The fourth-order valence-corrected chi connectivity index (χ4v) is 2.56. The Hall–Kier alpha value is -2.76. The molecule has 1 N–H and O–H groups in total. The van der Waals surface area contributed by atoms with Crippen LogP contribution in [0.3, 0.4) is 0 Å². The molecule has 112 valence electrons. The second kappa shape index (κ2) is 5.22. The van der Waals surface area contributed by atoms with Gasteiger partial charge < -0.3 is 14.5 Å². The molecule has 6 heteroatoms. The lowest BCUT2D eigenvalue weighted by Gasteiger charge is -2.13. The molecule has 6 nitrogen and oxygen atoms in total. The highest BCUT2D eigenvalue weighted by Crippen LogP contribution is 2.20. The van der Waals surface area contributed by atoms with E-state index >= 15 is 0 Å². The lowest BCUT2D eigenvalue weighted by molar-refractivity contribution is 0.0942. The van der Waals surface area contributed by atoms with Crippen molar-refractivity contribution < 1.29 is 13.9 Å². The summed E-state index contributed by atoms with van der Waals surface area (Å²) in [6.45, 7) is 1.79. The summed E-state index contributed by atoms with van der Waals surface area (Å²) in [6, 6.07) is 11.4. The number of fused-ring (bicyclic) bond motifs is 2. The van der Waals surface area contributed by atoms with Crippen LogP contribution in [-0.4, -0.2) is 22.3 Å². The van der Waals surface area contributed by atoms with Gasteiger partial charge in [-0.1, -0.05) is 18.2 Å². The summed E-state index contributed by atoms with van der Waals surface area (Å²) in [7, 11) is 0. The van der Waals surface area contributed by atoms with E-state index in [0.29, 0.717) is 24.7 Å². The molecule has 0 fully saturated rings. The minimum atomic E-state index is -0.231. The van der Waals surface area contributed by atoms with Crippen LogP contribution in [0, 0.1) is 0 Å². The van der Waals surface area contributed by atoms with Gasteiger partial charge in [0.05, 0.1) is 13.2 Å². The van der Waals surface area contributed by atoms with Crippen LogP contribution in [-0.2, 0) is 13.1 Å². The quantitative estimate of drug-likeness (QED) is 0.805. The van der Waals surface area contributed by atoms with Crippen molar-refractivity contribution in [1.29, 1.82) is 0 Å². The van der Waals surface area contributed by atoms with Gasteiger partial charge in [-0.3, -0.25) is 4.79 Å². The summed E-state index contributed by atoms with van der Waals surface area (Å²) in [5, 5.41) is 8.10. The maximum atomic E-state index is 12.2. The van der Waals surface area contributed by atoms with Crippen LogP contribution in [0.1, 0.15) is 22.7 Å². The molecular weight excluding hydrogens is 282 g/mol. The number of nitrogens with one attached hydrogen (secondary N) is 1. The van der Waals surface area contributed by atoms with Crippen molar-refractivity contribution in [1.82, 2.24) is 15.1 Å². The minimum Gasteiger partial charge on any atom is -0.478 e. The van der Waals surface area contributed by atoms with Crippen LogP contribution in [0.15, 0.2) is 40.8 Å². The third kappa shape index (κ3) is 2.32. The largest absolute Gasteiger partial charge is 0.478 e. The summed E-state index contributed by atoms with van der Waals surface area (Å²) in [4.78, 5) is 12.2. The fourth-order valence-electron chi connectivity index (χ4n) is 2.56. The maximum absolute atomic E-state index is 12.2. The van der Waals surface area contributed by atoms with Gasteiger partial charge in [0.15, 0.2) is 5.69 Å². The maximum Gasteiger partial charge on any atom is 0.272 e. The molecule has 1 amide bonds. The average Bonchev–Trinajstić information content (AvgIpc) is 3.15. The van der Waals surface area contributed by atoms with E-state index in [-0.39, 0.29) is 5.91 Å². The van der Waals surface area contributed by atoms with Crippen LogP contribution in [0.2, 0.25) is 0 Å². The summed E-state index contributed by atoms with van der Waals surface area (Å²) in [6.07, 6.45) is 0.911. The van der Waals surface area contributed by atoms with Crippen LogP contribution >= 0.6 is 0 Å². The van der Waals surface area contributed by atoms with Crippen LogP contribution in [0.25, 0.3) is 11.0 Å². The van der Waals surface area contributed by atoms with E-state index in [9.17, 15) is 4.79 Å². The lowest BCUT2D eigenvalue weighted by Crippen LogP contribution is -2.23. The Kier molecular flexibility index (Phi) is 3.07. The number of ether oxygens (including phenoxy) is 1. The normalized spacial score (nSPS) is 13.6. The molecule has 22 heavy (non-hydrogen) atoms. The van der Waals surface area contributed by atoms with Gasteiger partial charge >= 0.3 is 0 Å². The Morgan fingerprint density at radius 2 is 2.23 bits per heavy atom. The smallest absolute Gasteiger partial charge is 0.272 e. The van der Waals surface area contributed by atoms with Gasteiger partial charge in [0.1, 0.15) is 11.3 Å². The first kappa shape index (κ1) is 12.9. The Morgan fingerprint density at radius 3 is 3.09 bits per heavy atom. The summed E-state index contributed by atoms with van der Waals surface area (Å²) >= 11 is 0. The molecule has 0 bridgehead atoms. The highest BCUT2D eigenvalue weighted by atomic mass is 16.5. The number of nitrogens with zero attached hydrogens (tertiary/aromatic N) is 2. The summed E-state index contributed by atoms with van der Waals surface area (Å²) in [5.41, 5.74) is 1.19. The summed E-state index contributed by atoms with van der Waals surface area (Å²) < 4.78 is 12.9. The van der Waals surface area contributed by atoms with Crippen molar-refractivity contribution in [2.45, 2.75) is 19.5 Å². The van der Waals surface area contributed by atoms with Gasteiger partial charge in [0, 0.05) is 24.4 Å². The van der Waals surface area contributed by atoms with Gasteiger partial charge in [-0.25, -0.2) is 4.68 Å². The molecule has 3 heterocycles. The number of carbonyl (C=O) groups is 1. The summed E-state index contributed by atoms with van der Waals surface area (Å²) in [5.74, 6) is 1.14. The number of para-hydroxylation sites is 1. The number of aryl methyl sites for hydroxylation is 1. The van der Waals surface area contributed by atoms with Crippen molar-refractivity contribution in [3.63, 3.8) is 0 Å². The lowest BCUT2D eigenvalue weighted by atomic mass is 10.2. The second-order valence-corrected chi connectivity index (χ2v) is 5.23. The van der Waals surface area contributed by atoms with Crippen molar-refractivity contribution in [2.75, 3.05) is 6.61 Å². The minimum absolute atomic E-state index is 0.231. The van der Waals surface area contributed by atoms with Crippen LogP contribution in [0.4, 0.5) is 0 Å². The molecule has 0 saturated carbocycles. The van der Waals surface area contributed by atoms with E-state index in [2.05, 4.69) is 10.4 Å². The Morgan fingerprint density at radius 1 is 1.32 bits per heavy atom. The number of rotatable bonds is 3. The molecule has 2 aromatic heterocycles. The highest BCUT2D eigenvalue weighted by molar-refractivity contribution is 5.92. The van der Waals surface area contributed by atoms with Crippen molar-refractivity contribution >= 4 is 16.9 Å². The molecule has 1 aliphatic rings.